The minimum atomic E-state index is -0.754. The van der Waals surface area contributed by atoms with E-state index in [1.54, 1.807) is 30.3 Å². The Kier molecular flexibility index (Phi) is 6.32. The number of nitrogens with zero attached hydrogens (tertiary/aromatic N) is 1. The summed E-state index contributed by atoms with van der Waals surface area (Å²) in [4.78, 5) is 39.1. The Labute approximate surface area is 198 Å². The number of hydrogen-bond donors (Lipinski definition) is 1. The van der Waals surface area contributed by atoms with E-state index in [2.05, 4.69) is 31.3 Å². The number of carbonyl (C=O) groups excluding carboxylic acids is 3. The number of rotatable bonds is 5. The van der Waals surface area contributed by atoms with Gasteiger partial charge in [0.2, 0.25) is 0 Å². The van der Waals surface area contributed by atoms with Crippen molar-refractivity contribution in [2.75, 3.05) is 4.90 Å². The molecule has 1 aliphatic rings. The first-order valence-corrected chi connectivity index (χ1v) is 11.0. The van der Waals surface area contributed by atoms with Gasteiger partial charge in [-0.05, 0) is 85.4 Å². The van der Waals surface area contributed by atoms with E-state index in [0.29, 0.717) is 23.6 Å². The van der Waals surface area contributed by atoms with Gasteiger partial charge in [0, 0.05) is 0 Å². The lowest BCUT2D eigenvalue weighted by Gasteiger charge is -2.27. The Bertz CT molecular complexity index is 1320. The van der Waals surface area contributed by atoms with E-state index in [1.165, 1.54) is 17.2 Å². The molecule has 172 valence electrons. The Morgan fingerprint density at radius 3 is 2.24 bits per heavy atom. The highest BCUT2D eigenvalue weighted by atomic mass is 16.5. The lowest BCUT2D eigenvalue weighted by atomic mass is 10.0. The maximum atomic E-state index is 13.1. The van der Waals surface area contributed by atoms with Crippen LogP contribution in [0.5, 0.6) is 5.75 Å². The number of amides is 4. The standard InChI is InChI=1S/C28H26N2O4/c1-17-5-6-19(3)25(13-17)30-27(32)24(26(31)29-28(30)33)15-21-9-11-23(12-10-21)34-16-22-8-7-18(2)20(4)14-22/h5-15H,16H2,1-4H3,(H,29,31,33)/b24-15+. The lowest BCUT2D eigenvalue weighted by molar-refractivity contribution is -0.122. The predicted octanol–water partition coefficient (Wildman–Crippen LogP) is 5.17. The van der Waals surface area contributed by atoms with Gasteiger partial charge in [-0.3, -0.25) is 14.9 Å². The van der Waals surface area contributed by atoms with Gasteiger partial charge in [0.05, 0.1) is 5.69 Å². The van der Waals surface area contributed by atoms with Crippen LogP contribution in [0.2, 0.25) is 0 Å². The maximum absolute atomic E-state index is 13.1. The molecule has 0 bridgehead atoms. The van der Waals surface area contributed by atoms with Crippen LogP contribution in [0.15, 0.2) is 66.2 Å². The molecule has 0 atom stereocenters. The normalized spacial score (nSPS) is 15.0. The highest BCUT2D eigenvalue weighted by Gasteiger charge is 2.37. The molecule has 6 heteroatoms. The number of benzene rings is 3. The zero-order chi connectivity index (χ0) is 24.4. The van der Waals surface area contributed by atoms with Crippen molar-refractivity contribution in [3.05, 3.63) is 99.6 Å². The van der Waals surface area contributed by atoms with Crippen LogP contribution in [0.3, 0.4) is 0 Å². The summed E-state index contributed by atoms with van der Waals surface area (Å²) in [7, 11) is 0. The molecule has 3 aromatic carbocycles. The average molecular weight is 455 g/mol. The summed E-state index contributed by atoms with van der Waals surface area (Å²) < 4.78 is 5.87. The van der Waals surface area contributed by atoms with Gasteiger partial charge < -0.3 is 4.74 Å². The molecule has 0 saturated carbocycles. The van der Waals surface area contributed by atoms with E-state index < -0.39 is 17.8 Å². The van der Waals surface area contributed by atoms with Gasteiger partial charge in [-0.15, -0.1) is 0 Å². The largest absolute Gasteiger partial charge is 0.489 e. The molecule has 6 nitrogen and oxygen atoms in total. The summed E-state index contributed by atoms with van der Waals surface area (Å²) in [5.74, 6) is -0.698. The smallest absolute Gasteiger partial charge is 0.335 e. The van der Waals surface area contributed by atoms with Gasteiger partial charge >= 0.3 is 6.03 Å². The SMILES string of the molecule is Cc1ccc(C)c(N2C(=O)NC(=O)/C(=C\c3ccc(OCc4ccc(C)c(C)c4)cc3)C2=O)c1. The molecular formula is C28H26N2O4. The fourth-order valence-corrected chi connectivity index (χ4v) is 3.72. The molecule has 0 spiro atoms. The molecule has 1 heterocycles. The number of aryl methyl sites for hydroxylation is 4. The first-order chi connectivity index (χ1) is 16.2. The van der Waals surface area contributed by atoms with Crippen LogP contribution in [0.4, 0.5) is 10.5 Å². The summed E-state index contributed by atoms with van der Waals surface area (Å²) in [6, 6.07) is 18.0. The zero-order valence-corrected chi connectivity index (χ0v) is 19.6. The highest BCUT2D eigenvalue weighted by molar-refractivity contribution is 6.39. The molecule has 3 aromatic rings. The summed E-state index contributed by atoms with van der Waals surface area (Å²) in [6.45, 7) is 8.27. The van der Waals surface area contributed by atoms with Crippen LogP contribution in [-0.4, -0.2) is 17.8 Å². The van der Waals surface area contributed by atoms with Gasteiger partial charge in [-0.1, -0.05) is 42.5 Å². The van der Waals surface area contributed by atoms with Crippen LogP contribution in [-0.2, 0) is 16.2 Å². The highest BCUT2D eigenvalue weighted by Crippen LogP contribution is 2.26. The fraction of sp³-hybridized carbons (Fsp3) is 0.179. The van der Waals surface area contributed by atoms with Crippen LogP contribution < -0.4 is 15.0 Å². The van der Waals surface area contributed by atoms with E-state index in [9.17, 15) is 14.4 Å². The second kappa shape index (κ2) is 9.35. The van der Waals surface area contributed by atoms with E-state index in [-0.39, 0.29) is 5.57 Å². The molecule has 1 fully saturated rings. The third-order valence-corrected chi connectivity index (χ3v) is 5.88. The number of urea groups is 1. The predicted molar refractivity (Wildman–Crippen MR) is 132 cm³/mol. The van der Waals surface area contributed by atoms with E-state index in [4.69, 9.17) is 4.74 Å². The molecule has 0 unspecified atom stereocenters. The topological polar surface area (TPSA) is 75.7 Å². The number of barbiturate groups is 1. The van der Waals surface area contributed by atoms with Crippen LogP contribution in [0.1, 0.15) is 33.4 Å². The van der Waals surface area contributed by atoms with E-state index in [1.807, 2.05) is 32.0 Å². The molecule has 0 aromatic heterocycles. The van der Waals surface area contributed by atoms with Crippen molar-refractivity contribution >= 4 is 29.6 Å². The first-order valence-electron chi connectivity index (χ1n) is 11.0. The third-order valence-electron chi connectivity index (χ3n) is 5.88. The van der Waals surface area contributed by atoms with Crippen LogP contribution in [0.25, 0.3) is 6.08 Å². The van der Waals surface area contributed by atoms with Crippen molar-refractivity contribution in [2.45, 2.75) is 34.3 Å². The van der Waals surface area contributed by atoms with Gasteiger partial charge in [0.25, 0.3) is 11.8 Å². The minimum absolute atomic E-state index is 0.107. The monoisotopic (exact) mass is 454 g/mol. The molecule has 4 rings (SSSR count). The summed E-state index contributed by atoms with van der Waals surface area (Å²) in [5.41, 5.74) is 6.18. The second-order valence-electron chi connectivity index (χ2n) is 8.52. The van der Waals surface area contributed by atoms with Gasteiger partial charge in [0.1, 0.15) is 17.9 Å². The summed E-state index contributed by atoms with van der Waals surface area (Å²) in [5, 5.41) is 2.27. The van der Waals surface area contributed by atoms with Crippen molar-refractivity contribution in [3.8, 4) is 5.75 Å². The third kappa shape index (κ3) is 4.76. The molecule has 0 aliphatic carbocycles. The summed E-state index contributed by atoms with van der Waals surface area (Å²) >= 11 is 0. The van der Waals surface area contributed by atoms with Crippen molar-refractivity contribution in [1.29, 1.82) is 0 Å². The van der Waals surface area contributed by atoms with Gasteiger partial charge in [0.15, 0.2) is 0 Å². The quantitative estimate of drug-likeness (QED) is 0.427. The molecule has 4 amide bonds. The van der Waals surface area contributed by atoms with Gasteiger partial charge in [-0.25, -0.2) is 9.69 Å². The molecule has 1 N–H and O–H groups in total. The van der Waals surface area contributed by atoms with E-state index in [0.717, 1.165) is 21.6 Å². The average Bonchev–Trinajstić information content (AvgIpc) is 2.80. The molecule has 1 saturated heterocycles. The molecule has 0 radical (unpaired) electrons. The van der Waals surface area contributed by atoms with Crippen LogP contribution in [0, 0.1) is 27.7 Å². The number of hydrogen-bond acceptors (Lipinski definition) is 4. The van der Waals surface area contributed by atoms with E-state index >= 15 is 0 Å². The maximum Gasteiger partial charge on any atom is 0.335 e. The van der Waals surface area contributed by atoms with Crippen molar-refractivity contribution in [3.63, 3.8) is 0 Å². The number of imide groups is 2. The summed E-state index contributed by atoms with van der Waals surface area (Å²) in [6.07, 6.45) is 1.48. The Morgan fingerprint density at radius 2 is 1.53 bits per heavy atom. The Hall–Kier alpha value is -4.19. The molecule has 1 aliphatic heterocycles. The van der Waals surface area contributed by atoms with Crippen molar-refractivity contribution < 1.29 is 19.1 Å². The van der Waals surface area contributed by atoms with Crippen molar-refractivity contribution in [2.24, 2.45) is 0 Å². The van der Waals surface area contributed by atoms with Gasteiger partial charge in [-0.2, -0.15) is 0 Å². The van der Waals surface area contributed by atoms with Crippen LogP contribution >= 0.6 is 0 Å². The Morgan fingerprint density at radius 1 is 0.824 bits per heavy atom. The zero-order valence-electron chi connectivity index (χ0n) is 19.6. The minimum Gasteiger partial charge on any atom is -0.489 e. The number of nitrogens with one attached hydrogen (secondary N) is 1. The Balaban J connectivity index is 1.53. The van der Waals surface area contributed by atoms with Crippen molar-refractivity contribution in [1.82, 2.24) is 5.32 Å². The number of carbonyl (C=O) groups is 3. The molecule has 34 heavy (non-hydrogen) atoms. The first kappa shape index (κ1) is 23.0. The second-order valence-corrected chi connectivity index (χ2v) is 8.52. The fourth-order valence-electron chi connectivity index (χ4n) is 3.72. The number of ether oxygens (including phenoxy) is 1. The lowest BCUT2D eigenvalue weighted by Crippen LogP contribution is -2.54. The molecular weight excluding hydrogens is 428 g/mol. The number of anilines is 1.